The summed E-state index contributed by atoms with van der Waals surface area (Å²) in [6.07, 6.45) is 3.36. The molecule has 1 aliphatic heterocycles. The molecular weight excluding hydrogens is 305 g/mol. The summed E-state index contributed by atoms with van der Waals surface area (Å²) in [5.41, 5.74) is -0.705. The van der Waals surface area contributed by atoms with E-state index < -0.39 is 33.2 Å². The summed E-state index contributed by atoms with van der Waals surface area (Å²) < 4.78 is 65.1. The smallest absolute Gasteiger partial charge is 0.232 e. The van der Waals surface area contributed by atoms with Gasteiger partial charge in [0.15, 0.2) is 11.6 Å². The Morgan fingerprint density at radius 1 is 1.24 bits per heavy atom. The van der Waals surface area contributed by atoms with Crippen LogP contribution in [-0.2, 0) is 10.0 Å². The molecule has 2 N–H and O–H groups in total. The third kappa shape index (κ3) is 4.60. The minimum atomic E-state index is -3.85. The molecule has 0 bridgehead atoms. The first-order chi connectivity index (χ1) is 9.87. The van der Waals surface area contributed by atoms with Gasteiger partial charge in [-0.25, -0.2) is 21.6 Å². The molecule has 1 aliphatic rings. The third-order valence-electron chi connectivity index (χ3n) is 3.41. The Hall–Kier alpha value is -1.28. The molecule has 0 radical (unpaired) electrons. The zero-order valence-corrected chi connectivity index (χ0v) is 12.1. The number of halogens is 3. The predicted octanol–water partition coefficient (Wildman–Crippen LogP) is 2.38. The maximum atomic E-state index is 13.4. The molecule has 1 heterocycles. The van der Waals surface area contributed by atoms with Gasteiger partial charge < -0.3 is 5.32 Å². The summed E-state index contributed by atoms with van der Waals surface area (Å²) in [4.78, 5) is 0. The summed E-state index contributed by atoms with van der Waals surface area (Å²) in [6.45, 7) is 0.849. The molecule has 2 rings (SSSR count). The maximum Gasteiger partial charge on any atom is 0.232 e. The summed E-state index contributed by atoms with van der Waals surface area (Å²) in [5, 5.41) is 3.20. The van der Waals surface area contributed by atoms with E-state index in [1.165, 1.54) is 0 Å². The summed E-state index contributed by atoms with van der Waals surface area (Å²) in [5.74, 6) is -4.11. The fourth-order valence-corrected chi connectivity index (χ4v) is 3.50. The third-order valence-corrected chi connectivity index (χ3v) is 4.71. The Labute approximate surface area is 121 Å². The fourth-order valence-electron chi connectivity index (χ4n) is 2.32. The zero-order valence-electron chi connectivity index (χ0n) is 11.3. The van der Waals surface area contributed by atoms with E-state index in [0.717, 1.165) is 25.8 Å². The van der Waals surface area contributed by atoms with E-state index in [-0.39, 0.29) is 11.8 Å². The van der Waals surface area contributed by atoms with Crippen molar-refractivity contribution >= 4 is 15.7 Å². The van der Waals surface area contributed by atoms with Crippen molar-refractivity contribution in [3.8, 4) is 0 Å². The standard InChI is InChI=1S/C13H17F3N2O2S/c14-9-7-11(15)13(16)12(8-9)18-21(19,20)6-4-10-3-1-2-5-17-10/h7-8,10,17-18H,1-6H2. The molecular formula is C13H17F3N2O2S. The van der Waals surface area contributed by atoms with E-state index >= 15 is 0 Å². The monoisotopic (exact) mass is 322 g/mol. The van der Waals surface area contributed by atoms with Crippen LogP contribution >= 0.6 is 0 Å². The Kier molecular flexibility index (Phi) is 5.10. The SMILES string of the molecule is O=S(=O)(CCC1CCCCN1)Nc1cc(F)cc(F)c1F. The minimum Gasteiger partial charge on any atom is -0.314 e. The number of nitrogens with one attached hydrogen (secondary N) is 2. The van der Waals surface area contributed by atoms with Crippen LogP contribution in [0.1, 0.15) is 25.7 Å². The van der Waals surface area contributed by atoms with Crippen molar-refractivity contribution < 1.29 is 21.6 Å². The average molecular weight is 322 g/mol. The maximum absolute atomic E-state index is 13.4. The van der Waals surface area contributed by atoms with Gasteiger partial charge in [0, 0.05) is 18.2 Å². The highest BCUT2D eigenvalue weighted by molar-refractivity contribution is 7.92. The Balaban J connectivity index is 2.00. The molecule has 1 fully saturated rings. The van der Waals surface area contributed by atoms with Crippen molar-refractivity contribution in [2.24, 2.45) is 0 Å². The molecule has 4 nitrogen and oxygen atoms in total. The highest BCUT2D eigenvalue weighted by Gasteiger charge is 2.20. The summed E-state index contributed by atoms with van der Waals surface area (Å²) in [6, 6.07) is 1.08. The summed E-state index contributed by atoms with van der Waals surface area (Å²) in [7, 11) is -3.85. The van der Waals surface area contributed by atoms with E-state index in [9.17, 15) is 21.6 Å². The number of hydrogen-bond donors (Lipinski definition) is 2. The van der Waals surface area contributed by atoms with Crippen LogP contribution in [0.5, 0.6) is 0 Å². The number of piperidine rings is 1. The lowest BCUT2D eigenvalue weighted by atomic mass is 10.0. The topological polar surface area (TPSA) is 58.2 Å². The lowest BCUT2D eigenvalue weighted by Crippen LogP contribution is -2.36. The number of rotatable bonds is 5. The van der Waals surface area contributed by atoms with Crippen LogP contribution in [0.4, 0.5) is 18.9 Å². The first-order valence-corrected chi connectivity index (χ1v) is 8.41. The Bertz CT molecular complexity index is 602. The van der Waals surface area contributed by atoms with Crippen LogP contribution in [0.3, 0.4) is 0 Å². The number of hydrogen-bond acceptors (Lipinski definition) is 3. The predicted molar refractivity (Wildman–Crippen MR) is 74.0 cm³/mol. The zero-order chi connectivity index (χ0) is 15.5. The van der Waals surface area contributed by atoms with Crippen molar-refractivity contribution in [1.82, 2.24) is 5.32 Å². The van der Waals surface area contributed by atoms with Gasteiger partial charge in [-0.15, -0.1) is 0 Å². The first kappa shape index (κ1) is 16.1. The second kappa shape index (κ2) is 6.65. The van der Waals surface area contributed by atoms with Crippen molar-refractivity contribution in [3.05, 3.63) is 29.6 Å². The Morgan fingerprint density at radius 2 is 2.00 bits per heavy atom. The van der Waals surface area contributed by atoms with Crippen LogP contribution in [-0.4, -0.2) is 26.8 Å². The van der Waals surface area contributed by atoms with Crippen LogP contribution in [0.15, 0.2) is 12.1 Å². The van der Waals surface area contributed by atoms with Gasteiger partial charge >= 0.3 is 0 Å². The van der Waals surface area contributed by atoms with Crippen LogP contribution < -0.4 is 10.0 Å². The molecule has 1 saturated heterocycles. The van der Waals surface area contributed by atoms with Gasteiger partial charge in [0.25, 0.3) is 0 Å². The molecule has 1 aromatic rings. The lowest BCUT2D eigenvalue weighted by Gasteiger charge is -2.23. The van der Waals surface area contributed by atoms with Crippen LogP contribution in [0.2, 0.25) is 0 Å². The second-order valence-corrected chi connectivity index (χ2v) is 6.95. The normalized spacial score (nSPS) is 19.5. The van der Waals surface area contributed by atoms with Crippen molar-refractivity contribution in [3.63, 3.8) is 0 Å². The molecule has 0 aliphatic carbocycles. The van der Waals surface area contributed by atoms with Gasteiger partial charge in [-0.2, -0.15) is 0 Å². The summed E-state index contributed by atoms with van der Waals surface area (Å²) >= 11 is 0. The second-order valence-electron chi connectivity index (χ2n) is 5.11. The average Bonchev–Trinajstić information content (AvgIpc) is 2.43. The van der Waals surface area contributed by atoms with E-state index in [2.05, 4.69) is 5.32 Å². The van der Waals surface area contributed by atoms with E-state index in [4.69, 9.17) is 0 Å². The number of sulfonamides is 1. The lowest BCUT2D eigenvalue weighted by molar-refractivity contribution is 0.393. The first-order valence-electron chi connectivity index (χ1n) is 6.76. The van der Waals surface area contributed by atoms with Gasteiger partial charge in [0.1, 0.15) is 5.82 Å². The number of anilines is 1. The molecule has 0 spiro atoms. The van der Waals surface area contributed by atoms with Crippen molar-refractivity contribution in [1.29, 1.82) is 0 Å². The molecule has 1 atom stereocenters. The van der Waals surface area contributed by atoms with Crippen LogP contribution in [0, 0.1) is 17.5 Å². The molecule has 1 aromatic carbocycles. The molecule has 118 valence electrons. The quantitative estimate of drug-likeness (QED) is 0.818. The van der Waals surface area contributed by atoms with E-state index in [0.29, 0.717) is 18.6 Å². The Morgan fingerprint density at radius 3 is 2.67 bits per heavy atom. The van der Waals surface area contributed by atoms with E-state index in [1.54, 1.807) is 0 Å². The molecule has 1 unspecified atom stereocenters. The molecule has 8 heteroatoms. The highest BCUT2D eigenvalue weighted by Crippen LogP contribution is 2.21. The highest BCUT2D eigenvalue weighted by atomic mass is 32.2. The largest absolute Gasteiger partial charge is 0.314 e. The number of benzene rings is 1. The van der Waals surface area contributed by atoms with Gasteiger partial charge in [-0.3, -0.25) is 4.72 Å². The fraction of sp³-hybridized carbons (Fsp3) is 0.538. The molecule has 0 aromatic heterocycles. The van der Waals surface area contributed by atoms with Crippen LogP contribution in [0.25, 0.3) is 0 Å². The minimum absolute atomic E-state index is 0.101. The van der Waals surface area contributed by atoms with E-state index in [1.807, 2.05) is 4.72 Å². The van der Waals surface area contributed by atoms with Gasteiger partial charge in [-0.05, 0) is 25.8 Å². The van der Waals surface area contributed by atoms with Crippen molar-refractivity contribution in [2.45, 2.75) is 31.7 Å². The molecule has 0 saturated carbocycles. The van der Waals surface area contributed by atoms with Gasteiger partial charge in [0.2, 0.25) is 10.0 Å². The molecule has 21 heavy (non-hydrogen) atoms. The molecule has 0 amide bonds. The van der Waals surface area contributed by atoms with Gasteiger partial charge in [0.05, 0.1) is 11.4 Å². The van der Waals surface area contributed by atoms with Gasteiger partial charge in [-0.1, -0.05) is 6.42 Å². The van der Waals surface area contributed by atoms with Crippen molar-refractivity contribution in [2.75, 3.05) is 17.0 Å².